The molecule has 0 N–H and O–H groups in total. The Morgan fingerprint density at radius 2 is 1.04 bits per heavy atom. The molecular formula is C48H37IN2S. The van der Waals surface area contributed by atoms with Crippen molar-refractivity contribution < 1.29 is 0 Å². The Morgan fingerprint density at radius 3 is 1.69 bits per heavy atom. The van der Waals surface area contributed by atoms with Crippen LogP contribution in [0, 0.1) is 6.92 Å². The van der Waals surface area contributed by atoms with Gasteiger partial charge in [0.2, 0.25) is 0 Å². The van der Waals surface area contributed by atoms with Crippen LogP contribution in [0.3, 0.4) is 0 Å². The van der Waals surface area contributed by atoms with Crippen LogP contribution < -0.4 is 9.80 Å². The third-order valence-corrected chi connectivity index (χ3v) is 12.7. The number of aryl methyl sites for hydroxylation is 1. The van der Waals surface area contributed by atoms with Gasteiger partial charge in [0.1, 0.15) is 0 Å². The van der Waals surface area contributed by atoms with E-state index in [-0.39, 0.29) is 5.41 Å². The van der Waals surface area contributed by atoms with Crippen molar-refractivity contribution in [1.82, 2.24) is 0 Å². The highest BCUT2D eigenvalue weighted by Crippen LogP contribution is 2.56. The van der Waals surface area contributed by atoms with Crippen LogP contribution in [0.15, 0.2) is 175 Å². The second kappa shape index (κ2) is 13.2. The molecule has 0 unspecified atom stereocenters. The van der Waals surface area contributed by atoms with E-state index in [2.05, 4.69) is 222 Å². The molecule has 0 spiro atoms. The van der Waals surface area contributed by atoms with Gasteiger partial charge in [-0.05, 0) is 106 Å². The number of fused-ring (bicyclic) bond motifs is 6. The molecular weight excluding hydrogens is 764 g/mol. The zero-order valence-electron chi connectivity index (χ0n) is 29.3. The SMILES string of the molecule is Cc1ccccc1N(c1ccc2c(c1)C(C)(C)c1cc(N(c3ccccc3)c3ccccc3)c3ccccc3c1-2)c1ccc(SI)c2ccccc12. The first kappa shape index (κ1) is 32.8. The lowest BCUT2D eigenvalue weighted by molar-refractivity contribution is 0.661. The van der Waals surface area contributed by atoms with Crippen LogP contribution >= 0.6 is 30.1 Å². The second-order valence-corrected chi connectivity index (χ2v) is 16.0. The number of benzene rings is 8. The lowest BCUT2D eigenvalue weighted by Gasteiger charge is -2.31. The van der Waals surface area contributed by atoms with Crippen LogP contribution in [0.2, 0.25) is 0 Å². The highest BCUT2D eigenvalue weighted by atomic mass is 127. The molecule has 8 aromatic carbocycles. The molecule has 2 nitrogen and oxygen atoms in total. The van der Waals surface area contributed by atoms with Crippen LogP contribution in [-0.2, 0) is 5.41 Å². The van der Waals surface area contributed by atoms with Gasteiger partial charge in [0, 0.05) is 65.0 Å². The fraction of sp³-hybridized carbons (Fsp3) is 0.0833. The maximum atomic E-state index is 2.47. The molecule has 52 heavy (non-hydrogen) atoms. The zero-order valence-corrected chi connectivity index (χ0v) is 32.3. The summed E-state index contributed by atoms with van der Waals surface area (Å²) in [6, 6.07) is 62.2. The second-order valence-electron chi connectivity index (χ2n) is 14.1. The van der Waals surface area contributed by atoms with E-state index in [0.29, 0.717) is 0 Å². The van der Waals surface area contributed by atoms with E-state index in [1.165, 1.54) is 71.3 Å². The van der Waals surface area contributed by atoms with Gasteiger partial charge >= 0.3 is 0 Å². The number of rotatable bonds is 7. The average Bonchev–Trinajstić information content (AvgIpc) is 3.42. The van der Waals surface area contributed by atoms with Gasteiger partial charge in [0.15, 0.2) is 0 Å². The molecule has 0 bridgehead atoms. The van der Waals surface area contributed by atoms with Crippen LogP contribution in [0.1, 0.15) is 30.5 Å². The minimum absolute atomic E-state index is 0.250. The number of hydrogen-bond acceptors (Lipinski definition) is 3. The summed E-state index contributed by atoms with van der Waals surface area (Å²) < 4.78 is 0. The van der Waals surface area contributed by atoms with Crippen molar-refractivity contribution >= 4 is 85.8 Å². The van der Waals surface area contributed by atoms with Gasteiger partial charge < -0.3 is 9.80 Å². The Balaban J connectivity index is 1.27. The predicted molar refractivity (Wildman–Crippen MR) is 233 cm³/mol. The van der Waals surface area contributed by atoms with E-state index in [1.807, 2.05) is 0 Å². The molecule has 0 saturated heterocycles. The van der Waals surface area contributed by atoms with Gasteiger partial charge in [-0.2, -0.15) is 0 Å². The van der Waals surface area contributed by atoms with Gasteiger partial charge in [-0.3, -0.25) is 0 Å². The smallest absolute Gasteiger partial charge is 0.0543 e. The Labute approximate surface area is 322 Å². The predicted octanol–water partition coefficient (Wildman–Crippen LogP) is 15.0. The number of para-hydroxylation sites is 3. The summed E-state index contributed by atoms with van der Waals surface area (Å²) in [5, 5.41) is 5.03. The third-order valence-electron chi connectivity index (χ3n) is 10.7. The van der Waals surface area contributed by atoms with Crippen molar-refractivity contribution in [3.05, 3.63) is 187 Å². The average molecular weight is 801 g/mol. The van der Waals surface area contributed by atoms with Crippen LogP contribution in [-0.4, -0.2) is 0 Å². The van der Waals surface area contributed by atoms with E-state index in [1.54, 1.807) is 8.93 Å². The van der Waals surface area contributed by atoms with Gasteiger partial charge in [0.25, 0.3) is 0 Å². The van der Waals surface area contributed by atoms with Gasteiger partial charge in [-0.15, -0.1) is 0 Å². The van der Waals surface area contributed by atoms with E-state index in [0.717, 1.165) is 17.1 Å². The molecule has 0 aromatic heterocycles. The van der Waals surface area contributed by atoms with Crippen LogP contribution in [0.4, 0.5) is 34.1 Å². The molecule has 0 fully saturated rings. The molecule has 8 aromatic rings. The molecule has 0 amide bonds. The summed E-state index contributed by atoms with van der Waals surface area (Å²) >= 11 is 2.40. The van der Waals surface area contributed by atoms with Crippen molar-refractivity contribution in [2.75, 3.05) is 9.80 Å². The summed E-state index contributed by atoms with van der Waals surface area (Å²) in [5.74, 6) is 0. The van der Waals surface area contributed by atoms with Crippen LogP contribution in [0.25, 0.3) is 32.7 Å². The van der Waals surface area contributed by atoms with E-state index in [9.17, 15) is 0 Å². The maximum Gasteiger partial charge on any atom is 0.0543 e. The molecule has 1 aliphatic carbocycles. The van der Waals surface area contributed by atoms with Crippen molar-refractivity contribution in [2.45, 2.75) is 31.1 Å². The van der Waals surface area contributed by atoms with E-state index < -0.39 is 0 Å². The van der Waals surface area contributed by atoms with E-state index >= 15 is 0 Å². The largest absolute Gasteiger partial charge is 0.310 e. The third kappa shape index (κ3) is 5.31. The summed E-state index contributed by atoms with van der Waals surface area (Å²) in [6.07, 6.45) is 0. The van der Waals surface area contributed by atoms with Gasteiger partial charge in [-0.25, -0.2) is 0 Å². The lowest BCUT2D eigenvalue weighted by atomic mass is 9.81. The summed E-state index contributed by atoms with van der Waals surface area (Å²) in [4.78, 5) is 6.16. The number of nitrogens with zero attached hydrogens (tertiary/aromatic N) is 2. The lowest BCUT2D eigenvalue weighted by Crippen LogP contribution is -2.18. The van der Waals surface area contributed by atoms with Crippen molar-refractivity contribution in [2.24, 2.45) is 0 Å². The first-order valence-corrected chi connectivity index (χ1v) is 21.1. The van der Waals surface area contributed by atoms with Crippen molar-refractivity contribution in [1.29, 1.82) is 0 Å². The Morgan fingerprint density at radius 1 is 0.462 bits per heavy atom. The highest BCUT2D eigenvalue weighted by molar-refractivity contribution is 14.2. The molecule has 0 heterocycles. The maximum absolute atomic E-state index is 2.47. The van der Waals surface area contributed by atoms with E-state index in [4.69, 9.17) is 0 Å². The molecule has 252 valence electrons. The van der Waals surface area contributed by atoms with Crippen LogP contribution in [0.5, 0.6) is 0 Å². The summed E-state index contributed by atoms with van der Waals surface area (Å²) in [5.41, 5.74) is 13.3. The molecule has 0 atom stereocenters. The van der Waals surface area contributed by atoms with Crippen molar-refractivity contribution in [3.8, 4) is 11.1 Å². The molecule has 1 aliphatic rings. The number of anilines is 6. The van der Waals surface area contributed by atoms with Gasteiger partial charge in [-0.1, -0.05) is 132 Å². The highest BCUT2D eigenvalue weighted by Gasteiger charge is 2.38. The molecule has 4 heteroatoms. The zero-order chi connectivity index (χ0) is 35.4. The first-order valence-electron chi connectivity index (χ1n) is 17.7. The van der Waals surface area contributed by atoms with Crippen molar-refractivity contribution in [3.63, 3.8) is 0 Å². The minimum atomic E-state index is -0.250. The number of halogens is 1. The topological polar surface area (TPSA) is 6.48 Å². The first-order chi connectivity index (χ1) is 25.5. The fourth-order valence-corrected chi connectivity index (χ4v) is 9.73. The fourth-order valence-electron chi connectivity index (χ4n) is 8.20. The Hall–Kier alpha value is -5.04. The normalized spacial score (nSPS) is 12.8. The quantitative estimate of drug-likeness (QED) is 0.148. The van der Waals surface area contributed by atoms with Gasteiger partial charge in [0.05, 0.1) is 11.4 Å². The monoisotopic (exact) mass is 800 g/mol. The Bertz CT molecular complexity index is 2580. The molecule has 0 saturated carbocycles. The summed E-state index contributed by atoms with van der Waals surface area (Å²) in [7, 11) is 1.77. The minimum Gasteiger partial charge on any atom is -0.310 e. The molecule has 9 rings (SSSR count). The molecule has 0 aliphatic heterocycles. The summed E-state index contributed by atoms with van der Waals surface area (Å²) in [6.45, 7) is 7.01. The number of hydrogen-bond donors (Lipinski definition) is 0. The molecule has 0 radical (unpaired) electrons. The standard InChI is InChI=1S/C48H37IN2S/c1-32-16-10-15-25-43(32)51(44-28-29-46(52-49)38-23-13-11-21-36(38)44)35-26-27-40-41(30-35)48(2,3)42-31-45(37-22-12-14-24-39(37)47(40)42)50(33-17-6-4-7-18-33)34-19-8-5-9-20-34/h4-31H,1-3H3. The Kier molecular flexibility index (Phi) is 8.32.